The Bertz CT molecular complexity index is 1320. The largest absolute Gasteiger partial charge is 0.493 e. The third-order valence-corrected chi connectivity index (χ3v) is 7.73. The number of benzene rings is 2. The molecule has 2 aliphatic rings. The summed E-state index contributed by atoms with van der Waals surface area (Å²) in [6.45, 7) is 1.30. The SMILES string of the molecule is COc1cc(/C=C2\SC(=O)N(CC(=O)N3CCOCC3)C2=O)ccc1OS(=O)(=O)c1ccc(Cl)cc1. The molecule has 2 aliphatic heterocycles. The molecule has 2 saturated heterocycles. The average Bonchev–Trinajstić information content (AvgIpc) is 3.12. The van der Waals surface area contributed by atoms with Crippen LogP contribution in [0.15, 0.2) is 52.3 Å². The van der Waals surface area contributed by atoms with Crippen LogP contribution in [-0.4, -0.2) is 75.2 Å². The van der Waals surface area contributed by atoms with Gasteiger partial charge in [0.2, 0.25) is 5.91 Å². The van der Waals surface area contributed by atoms with Gasteiger partial charge in [-0.2, -0.15) is 8.42 Å². The number of amides is 3. The zero-order valence-electron chi connectivity index (χ0n) is 19.0. The summed E-state index contributed by atoms with van der Waals surface area (Å²) in [6, 6.07) is 9.86. The third kappa shape index (κ3) is 5.84. The van der Waals surface area contributed by atoms with Crippen LogP contribution in [0.1, 0.15) is 5.56 Å². The molecule has 2 fully saturated rings. The van der Waals surface area contributed by atoms with E-state index >= 15 is 0 Å². The summed E-state index contributed by atoms with van der Waals surface area (Å²) >= 11 is 6.53. The molecule has 4 rings (SSSR count). The molecule has 0 atom stereocenters. The predicted molar refractivity (Wildman–Crippen MR) is 132 cm³/mol. The van der Waals surface area contributed by atoms with Gasteiger partial charge in [0.05, 0.1) is 25.2 Å². The van der Waals surface area contributed by atoms with Gasteiger partial charge >= 0.3 is 10.1 Å². The van der Waals surface area contributed by atoms with Crippen LogP contribution in [0.2, 0.25) is 5.02 Å². The summed E-state index contributed by atoms with van der Waals surface area (Å²) < 4.78 is 40.9. The standard InChI is InChI=1S/C23H21ClN2O8S2/c1-32-19-12-15(2-7-18(19)34-36(30,31)17-5-3-16(24)4-6-17)13-20-22(28)26(23(29)35-20)14-21(27)25-8-10-33-11-9-25/h2-7,12-13H,8-11,14H2,1H3/b20-13-. The van der Waals surface area contributed by atoms with Gasteiger partial charge in [-0.15, -0.1) is 0 Å². The number of rotatable bonds is 7. The highest BCUT2D eigenvalue weighted by atomic mass is 35.5. The van der Waals surface area contributed by atoms with Gasteiger partial charge in [-0.05, 0) is 59.8 Å². The Balaban J connectivity index is 1.49. The Kier molecular flexibility index (Phi) is 7.88. The van der Waals surface area contributed by atoms with E-state index in [0.717, 1.165) is 4.90 Å². The van der Waals surface area contributed by atoms with E-state index in [1.54, 1.807) is 4.90 Å². The number of methoxy groups -OCH3 is 1. The van der Waals surface area contributed by atoms with Crippen LogP contribution in [0.5, 0.6) is 11.5 Å². The van der Waals surface area contributed by atoms with Crippen molar-refractivity contribution in [1.82, 2.24) is 9.80 Å². The molecule has 0 saturated carbocycles. The second-order valence-electron chi connectivity index (χ2n) is 7.66. The lowest BCUT2D eigenvalue weighted by atomic mass is 10.2. The molecule has 0 bridgehead atoms. The first kappa shape index (κ1) is 26.0. The molecule has 3 amide bonds. The Labute approximate surface area is 216 Å². The topological polar surface area (TPSA) is 120 Å². The van der Waals surface area contributed by atoms with Crippen molar-refractivity contribution in [3.05, 3.63) is 58.0 Å². The minimum absolute atomic E-state index is 0.0613. The number of thioether (sulfide) groups is 1. The van der Waals surface area contributed by atoms with Crippen LogP contribution < -0.4 is 8.92 Å². The summed E-state index contributed by atoms with van der Waals surface area (Å²) in [4.78, 5) is 40.2. The second-order valence-corrected chi connectivity index (χ2v) is 10.6. The van der Waals surface area contributed by atoms with E-state index in [-0.39, 0.29) is 33.8 Å². The molecule has 0 unspecified atom stereocenters. The van der Waals surface area contributed by atoms with Gasteiger partial charge in [0.25, 0.3) is 11.1 Å². The zero-order valence-corrected chi connectivity index (χ0v) is 21.4. The van der Waals surface area contributed by atoms with Crippen molar-refractivity contribution in [3.8, 4) is 11.5 Å². The summed E-state index contributed by atoms with van der Waals surface area (Å²) in [7, 11) is -2.81. The van der Waals surface area contributed by atoms with Gasteiger partial charge in [0.15, 0.2) is 11.5 Å². The highest BCUT2D eigenvalue weighted by Gasteiger charge is 2.37. The second kappa shape index (κ2) is 10.9. The maximum Gasteiger partial charge on any atom is 0.339 e. The van der Waals surface area contributed by atoms with Crippen molar-refractivity contribution in [2.75, 3.05) is 40.0 Å². The van der Waals surface area contributed by atoms with Crippen LogP contribution in [0.4, 0.5) is 4.79 Å². The minimum Gasteiger partial charge on any atom is -0.493 e. The molecule has 2 heterocycles. The maximum atomic E-state index is 12.8. The number of carbonyl (C=O) groups excluding carboxylic acids is 3. The highest BCUT2D eigenvalue weighted by Crippen LogP contribution is 2.35. The van der Waals surface area contributed by atoms with E-state index < -0.39 is 21.3 Å². The Hall–Kier alpha value is -3.06. The Morgan fingerprint density at radius 2 is 1.81 bits per heavy atom. The molecule has 10 nitrogen and oxygen atoms in total. The molecule has 0 aromatic heterocycles. The van der Waals surface area contributed by atoms with E-state index in [9.17, 15) is 22.8 Å². The van der Waals surface area contributed by atoms with Crippen LogP contribution in [0.25, 0.3) is 6.08 Å². The maximum absolute atomic E-state index is 12.8. The monoisotopic (exact) mass is 552 g/mol. The van der Waals surface area contributed by atoms with E-state index in [1.165, 1.54) is 55.7 Å². The first-order valence-electron chi connectivity index (χ1n) is 10.7. The normalized spacial score (nSPS) is 17.6. The van der Waals surface area contributed by atoms with Crippen molar-refractivity contribution in [2.45, 2.75) is 4.90 Å². The van der Waals surface area contributed by atoms with Gasteiger partial charge in [-0.1, -0.05) is 17.7 Å². The van der Waals surface area contributed by atoms with Gasteiger partial charge in [0.1, 0.15) is 11.4 Å². The third-order valence-electron chi connectivity index (χ3n) is 5.32. The number of hydrogen-bond donors (Lipinski definition) is 0. The summed E-state index contributed by atoms with van der Waals surface area (Å²) in [5.41, 5.74) is 0.466. The first-order chi connectivity index (χ1) is 17.2. The lowest BCUT2D eigenvalue weighted by Gasteiger charge is -2.28. The van der Waals surface area contributed by atoms with Gasteiger partial charge in [-0.3, -0.25) is 19.3 Å². The zero-order chi connectivity index (χ0) is 25.9. The van der Waals surface area contributed by atoms with Crippen LogP contribution in [-0.2, 0) is 24.4 Å². The van der Waals surface area contributed by atoms with E-state index in [2.05, 4.69) is 0 Å². The summed E-state index contributed by atoms with van der Waals surface area (Å²) in [5.74, 6) is -0.875. The molecule has 0 aliphatic carbocycles. The van der Waals surface area contributed by atoms with Crippen molar-refractivity contribution >= 4 is 56.6 Å². The van der Waals surface area contributed by atoms with E-state index in [0.29, 0.717) is 48.7 Å². The lowest BCUT2D eigenvalue weighted by Crippen LogP contribution is -2.46. The fourth-order valence-corrected chi connectivity index (χ4v) is 5.35. The highest BCUT2D eigenvalue weighted by molar-refractivity contribution is 8.18. The average molecular weight is 553 g/mol. The molecule has 190 valence electrons. The molecule has 2 aromatic rings. The number of nitrogens with zero attached hydrogens (tertiary/aromatic N) is 2. The molecular formula is C23H21ClN2O8S2. The van der Waals surface area contributed by atoms with Crippen molar-refractivity contribution in [3.63, 3.8) is 0 Å². The van der Waals surface area contributed by atoms with Crippen LogP contribution in [0, 0.1) is 0 Å². The Morgan fingerprint density at radius 1 is 1.11 bits per heavy atom. The van der Waals surface area contributed by atoms with E-state index in [1.807, 2.05) is 0 Å². The number of ether oxygens (including phenoxy) is 2. The fourth-order valence-electron chi connectivity index (χ4n) is 3.45. The molecule has 0 radical (unpaired) electrons. The van der Waals surface area contributed by atoms with Gasteiger partial charge in [0, 0.05) is 18.1 Å². The summed E-state index contributed by atoms with van der Waals surface area (Å²) in [5, 5.41) is -0.167. The first-order valence-corrected chi connectivity index (χ1v) is 13.3. The van der Waals surface area contributed by atoms with E-state index in [4.69, 9.17) is 25.3 Å². The van der Waals surface area contributed by atoms with Gasteiger partial charge in [-0.25, -0.2) is 0 Å². The predicted octanol–water partition coefficient (Wildman–Crippen LogP) is 3.01. The fraction of sp³-hybridized carbons (Fsp3) is 0.261. The Morgan fingerprint density at radius 3 is 2.47 bits per heavy atom. The molecule has 36 heavy (non-hydrogen) atoms. The smallest absolute Gasteiger partial charge is 0.339 e. The van der Waals surface area contributed by atoms with Crippen LogP contribution in [0.3, 0.4) is 0 Å². The molecule has 0 spiro atoms. The van der Waals surface area contributed by atoms with Crippen LogP contribution >= 0.6 is 23.4 Å². The molecule has 2 aromatic carbocycles. The van der Waals surface area contributed by atoms with Crippen molar-refractivity contribution < 1.29 is 36.5 Å². The van der Waals surface area contributed by atoms with Crippen molar-refractivity contribution in [1.29, 1.82) is 0 Å². The molecule has 13 heteroatoms. The molecular weight excluding hydrogens is 532 g/mol. The minimum atomic E-state index is -4.15. The lowest BCUT2D eigenvalue weighted by molar-refractivity contribution is -0.139. The van der Waals surface area contributed by atoms with Gasteiger partial charge < -0.3 is 18.6 Å². The number of halogens is 1. The number of hydrogen-bond acceptors (Lipinski definition) is 9. The quantitative estimate of drug-likeness (QED) is 0.377. The van der Waals surface area contributed by atoms with Crippen molar-refractivity contribution in [2.24, 2.45) is 0 Å². The number of carbonyl (C=O) groups is 3. The molecule has 0 N–H and O–H groups in total. The number of morpholine rings is 1. The number of imide groups is 1. The summed E-state index contributed by atoms with van der Waals surface area (Å²) in [6.07, 6.45) is 1.46.